The van der Waals surface area contributed by atoms with E-state index in [1.54, 1.807) is 6.20 Å². The lowest BCUT2D eigenvalue weighted by Crippen LogP contribution is -2.59. The van der Waals surface area contributed by atoms with Crippen LogP contribution in [0.2, 0.25) is 0 Å². The molecule has 5 rings (SSSR count). The van der Waals surface area contributed by atoms with Crippen molar-refractivity contribution < 1.29 is 9.21 Å². The summed E-state index contributed by atoms with van der Waals surface area (Å²) in [4.78, 5) is 32.0. The van der Waals surface area contributed by atoms with Crippen LogP contribution < -0.4 is 15.5 Å². The van der Waals surface area contributed by atoms with Gasteiger partial charge in [0.15, 0.2) is 0 Å². The van der Waals surface area contributed by atoms with Gasteiger partial charge in [-0.2, -0.15) is 4.98 Å². The Morgan fingerprint density at radius 1 is 1.32 bits per heavy atom. The fourth-order valence-corrected chi connectivity index (χ4v) is 3.40. The first-order valence-corrected chi connectivity index (χ1v) is 9.37. The summed E-state index contributed by atoms with van der Waals surface area (Å²) in [5.74, 6) is 1.96. The zero-order valence-corrected chi connectivity index (χ0v) is 15.8. The summed E-state index contributed by atoms with van der Waals surface area (Å²) in [7, 11) is 0. The highest BCUT2D eigenvalue weighted by Gasteiger charge is 2.38. The highest BCUT2D eigenvalue weighted by atomic mass is 16.3. The number of rotatable bonds is 5. The SMILES string of the molecule is Cc1nc(NC2(C)CC2)c2c(C(=O)NC3CN(c4ccncn4)C3)coc2n1. The lowest BCUT2D eigenvalue weighted by atomic mass is 10.1. The number of nitrogens with one attached hydrogen (secondary N) is 2. The van der Waals surface area contributed by atoms with Crippen molar-refractivity contribution in [1.82, 2.24) is 25.3 Å². The quantitative estimate of drug-likeness (QED) is 0.692. The topological polar surface area (TPSA) is 109 Å². The van der Waals surface area contributed by atoms with Crippen LogP contribution in [0.15, 0.2) is 29.3 Å². The summed E-state index contributed by atoms with van der Waals surface area (Å²) >= 11 is 0. The van der Waals surface area contributed by atoms with E-state index in [-0.39, 0.29) is 17.5 Å². The molecule has 1 aliphatic carbocycles. The number of aryl methyl sites for hydroxylation is 1. The van der Waals surface area contributed by atoms with Crippen molar-refractivity contribution in [1.29, 1.82) is 0 Å². The molecule has 2 fully saturated rings. The number of hydrogen-bond donors (Lipinski definition) is 2. The second kappa shape index (κ2) is 6.15. The fraction of sp³-hybridized carbons (Fsp3) is 0.421. The Balaban J connectivity index is 1.34. The Morgan fingerprint density at radius 2 is 2.14 bits per heavy atom. The molecule has 28 heavy (non-hydrogen) atoms. The molecular weight excluding hydrogens is 358 g/mol. The van der Waals surface area contributed by atoms with Crippen LogP contribution in [0, 0.1) is 6.92 Å². The molecule has 0 unspecified atom stereocenters. The number of hydrogen-bond acceptors (Lipinski definition) is 8. The molecule has 0 aromatic carbocycles. The molecule has 3 aromatic rings. The predicted molar refractivity (Wildman–Crippen MR) is 103 cm³/mol. The number of nitrogens with zero attached hydrogens (tertiary/aromatic N) is 5. The Kier molecular flexibility index (Phi) is 3.71. The van der Waals surface area contributed by atoms with Crippen LogP contribution in [0.5, 0.6) is 0 Å². The van der Waals surface area contributed by atoms with Gasteiger partial charge in [0.25, 0.3) is 5.91 Å². The molecule has 0 radical (unpaired) electrons. The average molecular weight is 379 g/mol. The summed E-state index contributed by atoms with van der Waals surface area (Å²) in [6.45, 7) is 5.37. The molecule has 1 saturated carbocycles. The van der Waals surface area contributed by atoms with Crippen LogP contribution in [-0.4, -0.2) is 50.5 Å². The van der Waals surface area contributed by atoms with Crippen LogP contribution in [0.4, 0.5) is 11.6 Å². The third-order valence-corrected chi connectivity index (χ3v) is 5.32. The molecule has 144 valence electrons. The maximum absolute atomic E-state index is 12.9. The van der Waals surface area contributed by atoms with E-state index in [0.717, 1.165) is 18.7 Å². The Labute approximate surface area is 161 Å². The number of aromatic nitrogens is 4. The third kappa shape index (κ3) is 3.02. The maximum atomic E-state index is 12.9. The average Bonchev–Trinajstić information content (AvgIpc) is 3.20. The molecule has 9 nitrogen and oxygen atoms in total. The minimum Gasteiger partial charge on any atom is -0.445 e. The van der Waals surface area contributed by atoms with Gasteiger partial charge in [-0.25, -0.2) is 15.0 Å². The molecule has 3 aromatic heterocycles. The highest BCUT2D eigenvalue weighted by molar-refractivity contribution is 6.09. The van der Waals surface area contributed by atoms with E-state index in [0.29, 0.717) is 41.4 Å². The first-order valence-electron chi connectivity index (χ1n) is 9.37. The molecule has 0 atom stereocenters. The largest absolute Gasteiger partial charge is 0.445 e. The lowest BCUT2D eigenvalue weighted by molar-refractivity contribution is 0.0931. The van der Waals surface area contributed by atoms with Gasteiger partial charge in [0.1, 0.15) is 30.1 Å². The molecule has 1 amide bonds. The van der Waals surface area contributed by atoms with Crippen LogP contribution in [-0.2, 0) is 0 Å². The summed E-state index contributed by atoms with van der Waals surface area (Å²) in [5, 5.41) is 7.16. The van der Waals surface area contributed by atoms with E-state index in [9.17, 15) is 4.79 Å². The van der Waals surface area contributed by atoms with Crippen molar-refractivity contribution in [3.8, 4) is 0 Å². The van der Waals surface area contributed by atoms with Gasteiger partial charge in [0.2, 0.25) is 5.71 Å². The second-order valence-corrected chi connectivity index (χ2v) is 7.78. The number of carbonyl (C=O) groups excluding carboxylic acids is 1. The van der Waals surface area contributed by atoms with E-state index >= 15 is 0 Å². The summed E-state index contributed by atoms with van der Waals surface area (Å²) in [5.41, 5.74) is 0.924. The van der Waals surface area contributed by atoms with Crippen molar-refractivity contribution in [3.05, 3.63) is 36.2 Å². The van der Waals surface area contributed by atoms with E-state index in [1.807, 2.05) is 13.0 Å². The number of furan rings is 1. The summed E-state index contributed by atoms with van der Waals surface area (Å²) < 4.78 is 5.57. The first kappa shape index (κ1) is 16.9. The number of fused-ring (bicyclic) bond motifs is 1. The van der Waals surface area contributed by atoms with Crippen molar-refractivity contribution in [3.63, 3.8) is 0 Å². The fourth-order valence-electron chi connectivity index (χ4n) is 3.40. The second-order valence-electron chi connectivity index (χ2n) is 7.78. The summed E-state index contributed by atoms with van der Waals surface area (Å²) in [6, 6.07) is 1.91. The van der Waals surface area contributed by atoms with Gasteiger partial charge < -0.3 is 20.0 Å². The molecule has 2 N–H and O–H groups in total. The molecule has 0 spiro atoms. The molecule has 9 heteroatoms. The molecule has 1 saturated heterocycles. The molecule has 1 aliphatic heterocycles. The van der Waals surface area contributed by atoms with Gasteiger partial charge >= 0.3 is 0 Å². The standard InChI is InChI=1S/C19H21N7O2/c1-11-22-16(25-19(2)4-5-19)15-13(9-28-18(15)23-11)17(27)24-12-7-26(8-12)14-3-6-20-10-21-14/h3,6,9-10,12H,4-5,7-8H2,1-2H3,(H,24,27)(H,22,23,25). The lowest BCUT2D eigenvalue weighted by Gasteiger charge is -2.40. The molecule has 4 heterocycles. The van der Waals surface area contributed by atoms with E-state index in [1.165, 1.54) is 12.6 Å². The van der Waals surface area contributed by atoms with Gasteiger partial charge in [-0.15, -0.1) is 0 Å². The third-order valence-electron chi connectivity index (χ3n) is 5.32. The smallest absolute Gasteiger partial charge is 0.255 e. The molecular formula is C19H21N7O2. The van der Waals surface area contributed by atoms with Crippen molar-refractivity contribution in [2.24, 2.45) is 0 Å². The van der Waals surface area contributed by atoms with Crippen LogP contribution >= 0.6 is 0 Å². The Morgan fingerprint density at radius 3 is 2.86 bits per heavy atom. The number of anilines is 2. The normalized spacial score (nSPS) is 18.0. The zero-order chi connectivity index (χ0) is 19.3. The summed E-state index contributed by atoms with van der Waals surface area (Å²) in [6.07, 6.45) is 6.86. The van der Waals surface area contributed by atoms with Gasteiger partial charge in [0.05, 0.1) is 17.0 Å². The van der Waals surface area contributed by atoms with Gasteiger partial charge in [-0.05, 0) is 32.8 Å². The minimum absolute atomic E-state index is 0.0325. The van der Waals surface area contributed by atoms with E-state index < -0.39 is 0 Å². The molecule has 2 aliphatic rings. The van der Waals surface area contributed by atoms with Crippen molar-refractivity contribution in [2.45, 2.75) is 38.3 Å². The van der Waals surface area contributed by atoms with E-state index in [4.69, 9.17) is 4.42 Å². The first-order chi connectivity index (χ1) is 13.5. The predicted octanol–water partition coefficient (Wildman–Crippen LogP) is 1.90. The van der Waals surface area contributed by atoms with E-state index in [2.05, 4.69) is 42.4 Å². The van der Waals surface area contributed by atoms with Gasteiger partial charge in [0, 0.05) is 24.8 Å². The highest BCUT2D eigenvalue weighted by Crippen LogP contribution is 2.40. The maximum Gasteiger partial charge on any atom is 0.255 e. The van der Waals surface area contributed by atoms with Crippen molar-refractivity contribution >= 4 is 28.6 Å². The number of carbonyl (C=O) groups is 1. The van der Waals surface area contributed by atoms with Crippen LogP contribution in [0.25, 0.3) is 11.1 Å². The van der Waals surface area contributed by atoms with Gasteiger partial charge in [-0.3, -0.25) is 4.79 Å². The van der Waals surface area contributed by atoms with Gasteiger partial charge in [-0.1, -0.05) is 0 Å². The zero-order valence-electron chi connectivity index (χ0n) is 15.8. The monoisotopic (exact) mass is 379 g/mol. The van der Waals surface area contributed by atoms with Crippen molar-refractivity contribution in [2.75, 3.05) is 23.3 Å². The Hall–Kier alpha value is -3.23. The van der Waals surface area contributed by atoms with Crippen LogP contribution in [0.3, 0.4) is 0 Å². The molecule has 0 bridgehead atoms. The Bertz CT molecular complexity index is 1040. The van der Waals surface area contributed by atoms with Crippen LogP contribution in [0.1, 0.15) is 35.9 Å². The minimum atomic E-state index is -0.178. The number of amides is 1.